The molecular formula is C17H17N3O4. The van der Waals surface area contributed by atoms with Gasteiger partial charge in [0, 0.05) is 7.05 Å². The molecule has 7 nitrogen and oxygen atoms in total. The van der Waals surface area contributed by atoms with Gasteiger partial charge in [0.2, 0.25) is 0 Å². The van der Waals surface area contributed by atoms with E-state index in [1.807, 2.05) is 0 Å². The zero-order chi connectivity index (χ0) is 17.4. The summed E-state index contributed by atoms with van der Waals surface area (Å²) in [6.45, 7) is 0. The van der Waals surface area contributed by atoms with Gasteiger partial charge >= 0.3 is 6.09 Å². The Balaban J connectivity index is 1.96. The van der Waals surface area contributed by atoms with Crippen molar-refractivity contribution in [2.45, 2.75) is 0 Å². The molecule has 2 rings (SSSR count). The zero-order valence-corrected chi connectivity index (χ0v) is 13.3. The lowest BCUT2D eigenvalue weighted by Crippen LogP contribution is -2.21. The summed E-state index contributed by atoms with van der Waals surface area (Å²) in [7, 11) is 2.98. The second-order valence-electron chi connectivity index (χ2n) is 4.61. The van der Waals surface area contributed by atoms with Crippen LogP contribution in [0.1, 0.15) is 15.9 Å². The van der Waals surface area contributed by atoms with E-state index in [0.29, 0.717) is 17.1 Å². The van der Waals surface area contributed by atoms with Crippen LogP contribution < -0.4 is 20.2 Å². The van der Waals surface area contributed by atoms with Crippen molar-refractivity contribution in [3.05, 3.63) is 59.7 Å². The van der Waals surface area contributed by atoms with E-state index in [-0.39, 0.29) is 5.91 Å². The third kappa shape index (κ3) is 4.57. The summed E-state index contributed by atoms with van der Waals surface area (Å²) in [5.41, 5.74) is 3.56. The number of hydrogen-bond donors (Lipinski definition) is 2. The average molecular weight is 327 g/mol. The maximum Gasteiger partial charge on any atom is 0.412 e. The Labute approximate surface area is 139 Å². The van der Waals surface area contributed by atoms with Crippen LogP contribution in [-0.2, 0) is 0 Å². The molecule has 0 aliphatic rings. The number of rotatable bonds is 5. The first kappa shape index (κ1) is 17.0. The molecule has 0 saturated heterocycles. The highest BCUT2D eigenvalue weighted by atomic mass is 16.5. The number of benzene rings is 2. The Morgan fingerprint density at radius 1 is 1.08 bits per heavy atom. The van der Waals surface area contributed by atoms with Gasteiger partial charge in [0.1, 0.15) is 11.5 Å². The van der Waals surface area contributed by atoms with Crippen molar-refractivity contribution in [2.24, 2.45) is 5.10 Å². The van der Waals surface area contributed by atoms with Gasteiger partial charge in [-0.05, 0) is 42.0 Å². The summed E-state index contributed by atoms with van der Waals surface area (Å²) in [6, 6.07) is 13.5. The molecule has 0 atom stereocenters. The van der Waals surface area contributed by atoms with Crippen molar-refractivity contribution in [3.63, 3.8) is 0 Å². The minimum atomic E-state index is -0.541. The molecular weight excluding hydrogens is 310 g/mol. The van der Waals surface area contributed by atoms with Crippen molar-refractivity contribution in [3.8, 4) is 11.5 Å². The number of nitrogens with zero attached hydrogens (tertiary/aromatic N) is 1. The first-order valence-corrected chi connectivity index (χ1v) is 7.10. The molecule has 0 aromatic heterocycles. The second-order valence-corrected chi connectivity index (χ2v) is 4.61. The van der Waals surface area contributed by atoms with Crippen molar-refractivity contribution in [1.82, 2.24) is 10.7 Å². The quantitative estimate of drug-likeness (QED) is 0.651. The molecule has 2 aromatic rings. The minimum Gasteiger partial charge on any atom is -0.496 e. The topological polar surface area (TPSA) is 89.0 Å². The zero-order valence-electron chi connectivity index (χ0n) is 13.3. The fourth-order valence-corrected chi connectivity index (χ4v) is 1.84. The number of ether oxygens (including phenoxy) is 2. The minimum absolute atomic E-state index is 0.372. The summed E-state index contributed by atoms with van der Waals surface area (Å²) >= 11 is 0. The first-order valence-electron chi connectivity index (χ1n) is 7.10. The van der Waals surface area contributed by atoms with E-state index in [1.54, 1.807) is 48.5 Å². The van der Waals surface area contributed by atoms with Crippen molar-refractivity contribution < 1.29 is 19.1 Å². The highest BCUT2D eigenvalue weighted by molar-refractivity contribution is 5.97. The number of hydrazone groups is 1. The Bertz CT molecular complexity index is 742. The molecule has 0 spiro atoms. The molecule has 2 amide bonds. The Morgan fingerprint density at radius 2 is 1.79 bits per heavy atom. The summed E-state index contributed by atoms with van der Waals surface area (Å²) in [6.07, 6.45) is 0.942. The van der Waals surface area contributed by atoms with Gasteiger partial charge in [-0.25, -0.2) is 10.2 Å². The molecule has 0 unspecified atom stereocenters. The average Bonchev–Trinajstić information content (AvgIpc) is 2.62. The standard InChI is InChI=1S/C17H17N3O4/c1-18-17(22)24-13-9-7-12(8-10-13)11-19-20-16(21)14-5-3-4-6-15(14)23-2/h3-11H,1-2H3,(H,18,22)(H,20,21). The van der Waals surface area contributed by atoms with E-state index in [1.165, 1.54) is 20.4 Å². The molecule has 2 aromatic carbocycles. The molecule has 124 valence electrons. The number of amides is 2. The summed E-state index contributed by atoms with van der Waals surface area (Å²) < 4.78 is 10.1. The van der Waals surface area contributed by atoms with Gasteiger partial charge in [-0.2, -0.15) is 5.10 Å². The van der Waals surface area contributed by atoms with Crippen LogP contribution in [0.4, 0.5) is 4.79 Å². The summed E-state index contributed by atoms with van der Waals surface area (Å²) in [5.74, 6) is 0.508. The van der Waals surface area contributed by atoms with Crippen LogP contribution in [0.2, 0.25) is 0 Å². The molecule has 0 aliphatic heterocycles. The van der Waals surface area contributed by atoms with E-state index in [9.17, 15) is 9.59 Å². The summed E-state index contributed by atoms with van der Waals surface area (Å²) in [4.78, 5) is 23.1. The van der Waals surface area contributed by atoms with Crippen LogP contribution in [0.15, 0.2) is 53.6 Å². The van der Waals surface area contributed by atoms with E-state index in [0.717, 1.165) is 5.56 Å². The van der Waals surface area contributed by atoms with Gasteiger partial charge in [0.25, 0.3) is 5.91 Å². The van der Waals surface area contributed by atoms with Crippen LogP contribution in [0, 0.1) is 0 Å². The molecule has 2 N–H and O–H groups in total. The highest BCUT2D eigenvalue weighted by Crippen LogP contribution is 2.16. The Kier molecular flexibility index (Phi) is 5.90. The van der Waals surface area contributed by atoms with Gasteiger partial charge in [-0.3, -0.25) is 4.79 Å². The largest absolute Gasteiger partial charge is 0.496 e. The fraction of sp³-hybridized carbons (Fsp3) is 0.118. The summed E-state index contributed by atoms with van der Waals surface area (Å²) in [5, 5.41) is 6.25. The van der Waals surface area contributed by atoms with E-state index >= 15 is 0 Å². The van der Waals surface area contributed by atoms with Crippen LogP contribution in [0.25, 0.3) is 0 Å². The molecule has 0 radical (unpaired) electrons. The van der Waals surface area contributed by atoms with Gasteiger partial charge < -0.3 is 14.8 Å². The smallest absolute Gasteiger partial charge is 0.412 e. The van der Waals surface area contributed by atoms with Crippen LogP contribution in [-0.4, -0.2) is 32.4 Å². The van der Waals surface area contributed by atoms with Crippen LogP contribution in [0.3, 0.4) is 0 Å². The molecule has 0 aliphatic carbocycles. The maximum atomic E-state index is 12.1. The third-order valence-corrected chi connectivity index (χ3v) is 3.03. The predicted octanol–water partition coefficient (Wildman–Crippen LogP) is 2.18. The van der Waals surface area contributed by atoms with Gasteiger partial charge in [0.05, 0.1) is 18.9 Å². The van der Waals surface area contributed by atoms with E-state index in [4.69, 9.17) is 9.47 Å². The molecule has 7 heteroatoms. The SMILES string of the molecule is CNC(=O)Oc1ccc(C=NNC(=O)c2ccccc2OC)cc1. The number of hydrogen-bond acceptors (Lipinski definition) is 5. The van der Waals surface area contributed by atoms with Gasteiger partial charge in [0.15, 0.2) is 0 Å². The molecule has 0 saturated carbocycles. The number of para-hydroxylation sites is 1. The van der Waals surface area contributed by atoms with Gasteiger partial charge in [-0.15, -0.1) is 0 Å². The second kappa shape index (κ2) is 8.33. The predicted molar refractivity (Wildman–Crippen MR) is 89.6 cm³/mol. The van der Waals surface area contributed by atoms with E-state index < -0.39 is 6.09 Å². The highest BCUT2D eigenvalue weighted by Gasteiger charge is 2.09. The molecule has 0 bridgehead atoms. The number of methoxy groups -OCH3 is 1. The van der Waals surface area contributed by atoms with Crippen molar-refractivity contribution >= 4 is 18.2 Å². The van der Waals surface area contributed by atoms with Crippen LogP contribution in [0.5, 0.6) is 11.5 Å². The lowest BCUT2D eigenvalue weighted by molar-refractivity contribution is 0.0952. The van der Waals surface area contributed by atoms with Crippen molar-refractivity contribution in [2.75, 3.05) is 14.2 Å². The Morgan fingerprint density at radius 3 is 2.46 bits per heavy atom. The van der Waals surface area contributed by atoms with Crippen LogP contribution >= 0.6 is 0 Å². The maximum absolute atomic E-state index is 12.1. The monoisotopic (exact) mass is 327 g/mol. The number of carbonyl (C=O) groups is 2. The molecule has 0 heterocycles. The lowest BCUT2D eigenvalue weighted by Gasteiger charge is -2.06. The van der Waals surface area contributed by atoms with Crippen molar-refractivity contribution in [1.29, 1.82) is 0 Å². The van der Waals surface area contributed by atoms with Gasteiger partial charge in [-0.1, -0.05) is 12.1 Å². The molecule has 0 fully saturated rings. The first-order chi connectivity index (χ1) is 11.6. The Hall–Kier alpha value is -3.35. The van der Waals surface area contributed by atoms with E-state index in [2.05, 4.69) is 15.8 Å². The number of nitrogens with one attached hydrogen (secondary N) is 2. The third-order valence-electron chi connectivity index (χ3n) is 3.03. The number of carbonyl (C=O) groups excluding carboxylic acids is 2. The fourth-order valence-electron chi connectivity index (χ4n) is 1.84. The molecule has 24 heavy (non-hydrogen) atoms. The lowest BCUT2D eigenvalue weighted by atomic mass is 10.2. The normalized spacial score (nSPS) is 10.2.